The zero-order valence-electron chi connectivity index (χ0n) is 14.1. The summed E-state index contributed by atoms with van der Waals surface area (Å²) in [5, 5.41) is 2.81. The number of ether oxygens (including phenoxy) is 1. The number of rotatable bonds is 6. The highest BCUT2D eigenvalue weighted by atomic mass is 16.5. The number of carbonyl (C=O) groups excluding carboxylic acids is 2. The smallest absolute Gasteiger partial charge is 0.262 e. The van der Waals surface area contributed by atoms with E-state index in [1.165, 1.54) is 24.9 Å². The number of piperidine rings is 1. The van der Waals surface area contributed by atoms with Crippen LogP contribution >= 0.6 is 0 Å². The lowest BCUT2D eigenvalue weighted by Gasteiger charge is -2.28. The van der Waals surface area contributed by atoms with Crippen LogP contribution in [0.2, 0.25) is 0 Å². The van der Waals surface area contributed by atoms with E-state index in [1.54, 1.807) is 24.3 Å². The molecule has 0 radical (unpaired) electrons. The van der Waals surface area contributed by atoms with Gasteiger partial charge in [-0.2, -0.15) is 0 Å². The minimum atomic E-state index is -0.258. The van der Waals surface area contributed by atoms with Gasteiger partial charge in [0.05, 0.1) is 5.56 Å². The number of aldehydes is 1. The molecule has 1 heterocycles. The fraction of sp³-hybridized carbons (Fsp3) is 0.300. The van der Waals surface area contributed by atoms with Crippen molar-refractivity contribution in [3.63, 3.8) is 0 Å². The average molecular weight is 338 g/mol. The molecular weight excluding hydrogens is 316 g/mol. The third kappa shape index (κ3) is 4.59. The Bertz CT molecular complexity index is 722. The Hall–Kier alpha value is -2.82. The maximum absolute atomic E-state index is 12.0. The number of hydrogen-bond donors (Lipinski definition) is 1. The molecule has 1 N–H and O–H groups in total. The minimum Gasteiger partial charge on any atom is -0.483 e. The van der Waals surface area contributed by atoms with Gasteiger partial charge in [-0.1, -0.05) is 12.1 Å². The number of carbonyl (C=O) groups is 2. The highest BCUT2D eigenvalue weighted by Gasteiger charge is 2.11. The summed E-state index contributed by atoms with van der Waals surface area (Å²) in [6, 6.07) is 14.7. The molecule has 0 bridgehead atoms. The molecule has 0 unspecified atom stereocenters. The predicted octanol–water partition coefficient (Wildman–Crippen LogP) is 3.51. The maximum atomic E-state index is 12.0. The molecule has 5 nitrogen and oxygen atoms in total. The lowest BCUT2D eigenvalue weighted by atomic mass is 10.1. The van der Waals surface area contributed by atoms with E-state index >= 15 is 0 Å². The van der Waals surface area contributed by atoms with Gasteiger partial charge in [0.25, 0.3) is 5.91 Å². The van der Waals surface area contributed by atoms with Gasteiger partial charge < -0.3 is 15.0 Å². The minimum absolute atomic E-state index is 0.140. The van der Waals surface area contributed by atoms with Crippen LogP contribution in [0, 0.1) is 0 Å². The first-order valence-corrected chi connectivity index (χ1v) is 8.58. The molecule has 130 valence electrons. The topological polar surface area (TPSA) is 58.6 Å². The number of amides is 1. The first kappa shape index (κ1) is 17.0. The van der Waals surface area contributed by atoms with E-state index in [4.69, 9.17) is 4.74 Å². The second-order valence-corrected chi connectivity index (χ2v) is 6.09. The molecular formula is C20H22N2O3. The molecule has 25 heavy (non-hydrogen) atoms. The van der Waals surface area contributed by atoms with Crippen LogP contribution in [-0.2, 0) is 4.79 Å². The Morgan fingerprint density at radius 1 is 1.04 bits per heavy atom. The van der Waals surface area contributed by atoms with Gasteiger partial charge in [-0.05, 0) is 55.7 Å². The van der Waals surface area contributed by atoms with Gasteiger partial charge in [0.15, 0.2) is 12.9 Å². The van der Waals surface area contributed by atoms with E-state index in [2.05, 4.69) is 10.2 Å². The molecule has 3 rings (SSSR count). The lowest BCUT2D eigenvalue weighted by Crippen LogP contribution is -2.29. The van der Waals surface area contributed by atoms with Crippen LogP contribution < -0.4 is 15.0 Å². The Labute approximate surface area is 147 Å². The molecule has 0 aromatic heterocycles. The summed E-state index contributed by atoms with van der Waals surface area (Å²) in [5.74, 6) is 0.152. The summed E-state index contributed by atoms with van der Waals surface area (Å²) in [5.41, 5.74) is 2.35. The molecule has 0 spiro atoms. The van der Waals surface area contributed by atoms with E-state index in [1.807, 2.05) is 24.3 Å². The van der Waals surface area contributed by atoms with Crippen molar-refractivity contribution in [3.8, 4) is 5.75 Å². The van der Waals surface area contributed by atoms with Gasteiger partial charge in [0.1, 0.15) is 5.75 Å². The molecule has 0 atom stereocenters. The maximum Gasteiger partial charge on any atom is 0.262 e. The summed E-state index contributed by atoms with van der Waals surface area (Å²) >= 11 is 0. The second kappa shape index (κ2) is 8.33. The fourth-order valence-electron chi connectivity index (χ4n) is 2.96. The SMILES string of the molecule is O=Cc1ccccc1OCC(=O)Nc1ccc(N2CCCCC2)cc1. The van der Waals surface area contributed by atoms with Gasteiger partial charge in [-0.15, -0.1) is 0 Å². The van der Waals surface area contributed by atoms with Crippen LogP contribution in [-0.4, -0.2) is 31.9 Å². The summed E-state index contributed by atoms with van der Waals surface area (Å²) in [7, 11) is 0. The van der Waals surface area contributed by atoms with Gasteiger partial charge in [0, 0.05) is 24.5 Å². The van der Waals surface area contributed by atoms with Crippen LogP contribution in [0.5, 0.6) is 5.75 Å². The lowest BCUT2D eigenvalue weighted by molar-refractivity contribution is -0.118. The van der Waals surface area contributed by atoms with Crippen molar-refractivity contribution in [1.29, 1.82) is 0 Å². The van der Waals surface area contributed by atoms with E-state index < -0.39 is 0 Å². The molecule has 0 saturated carbocycles. The van der Waals surface area contributed by atoms with Gasteiger partial charge in [-0.25, -0.2) is 0 Å². The Morgan fingerprint density at radius 2 is 1.76 bits per heavy atom. The molecule has 1 amide bonds. The van der Waals surface area contributed by atoms with E-state index in [0.29, 0.717) is 17.6 Å². The van der Waals surface area contributed by atoms with Crippen LogP contribution in [0.3, 0.4) is 0 Å². The normalized spacial score (nSPS) is 14.0. The van der Waals surface area contributed by atoms with E-state index in [0.717, 1.165) is 18.8 Å². The van der Waals surface area contributed by atoms with Crippen LogP contribution in [0.15, 0.2) is 48.5 Å². The van der Waals surface area contributed by atoms with Crippen molar-refractivity contribution in [1.82, 2.24) is 0 Å². The van der Waals surface area contributed by atoms with Crippen LogP contribution in [0.4, 0.5) is 11.4 Å². The van der Waals surface area contributed by atoms with Gasteiger partial charge in [0.2, 0.25) is 0 Å². The van der Waals surface area contributed by atoms with Crippen molar-refractivity contribution < 1.29 is 14.3 Å². The molecule has 5 heteroatoms. The second-order valence-electron chi connectivity index (χ2n) is 6.09. The van der Waals surface area contributed by atoms with Crippen molar-refractivity contribution in [2.75, 3.05) is 29.9 Å². The molecule has 1 fully saturated rings. The Kier molecular flexibility index (Phi) is 5.67. The van der Waals surface area contributed by atoms with Crippen LogP contribution in [0.1, 0.15) is 29.6 Å². The number of nitrogens with zero attached hydrogens (tertiary/aromatic N) is 1. The van der Waals surface area contributed by atoms with Crippen molar-refractivity contribution >= 4 is 23.6 Å². The highest BCUT2D eigenvalue weighted by molar-refractivity contribution is 5.92. The van der Waals surface area contributed by atoms with Crippen molar-refractivity contribution in [3.05, 3.63) is 54.1 Å². The predicted molar refractivity (Wildman–Crippen MR) is 98.5 cm³/mol. The summed E-state index contributed by atoms with van der Waals surface area (Å²) in [6.07, 6.45) is 4.49. The average Bonchev–Trinajstić information content (AvgIpc) is 2.68. The van der Waals surface area contributed by atoms with Crippen molar-refractivity contribution in [2.45, 2.75) is 19.3 Å². The number of hydrogen-bond acceptors (Lipinski definition) is 4. The molecule has 2 aromatic rings. The Morgan fingerprint density at radius 3 is 2.48 bits per heavy atom. The molecule has 0 aliphatic carbocycles. The monoisotopic (exact) mass is 338 g/mol. The fourth-order valence-corrected chi connectivity index (χ4v) is 2.96. The first-order chi connectivity index (χ1) is 12.3. The summed E-state index contributed by atoms with van der Waals surface area (Å²) in [6.45, 7) is 2.05. The summed E-state index contributed by atoms with van der Waals surface area (Å²) in [4.78, 5) is 25.3. The summed E-state index contributed by atoms with van der Waals surface area (Å²) < 4.78 is 5.43. The highest BCUT2D eigenvalue weighted by Crippen LogP contribution is 2.22. The quantitative estimate of drug-likeness (QED) is 0.819. The molecule has 1 saturated heterocycles. The number of nitrogens with one attached hydrogen (secondary N) is 1. The van der Waals surface area contributed by atoms with E-state index in [-0.39, 0.29) is 12.5 Å². The zero-order valence-corrected chi connectivity index (χ0v) is 14.1. The van der Waals surface area contributed by atoms with Crippen LogP contribution in [0.25, 0.3) is 0 Å². The Balaban J connectivity index is 1.53. The van der Waals surface area contributed by atoms with Gasteiger partial charge >= 0.3 is 0 Å². The first-order valence-electron chi connectivity index (χ1n) is 8.58. The molecule has 2 aromatic carbocycles. The van der Waals surface area contributed by atoms with Crippen molar-refractivity contribution in [2.24, 2.45) is 0 Å². The number of benzene rings is 2. The molecule has 1 aliphatic heterocycles. The third-order valence-electron chi connectivity index (χ3n) is 4.28. The third-order valence-corrected chi connectivity index (χ3v) is 4.28. The largest absolute Gasteiger partial charge is 0.483 e. The number of para-hydroxylation sites is 1. The zero-order chi connectivity index (χ0) is 17.5. The molecule has 1 aliphatic rings. The standard InChI is InChI=1S/C20H22N2O3/c23-14-16-6-2-3-7-19(16)25-15-20(24)21-17-8-10-18(11-9-17)22-12-4-1-5-13-22/h2-3,6-11,14H,1,4-5,12-13,15H2,(H,21,24). The van der Waals surface area contributed by atoms with E-state index in [9.17, 15) is 9.59 Å². The van der Waals surface area contributed by atoms with Gasteiger partial charge in [-0.3, -0.25) is 9.59 Å². The number of anilines is 2.